The second-order valence-electron chi connectivity index (χ2n) is 5.80. The molecule has 1 aromatic heterocycles. The fourth-order valence-electron chi connectivity index (χ4n) is 2.56. The van der Waals surface area contributed by atoms with Gasteiger partial charge in [0.05, 0.1) is 12.2 Å². The fraction of sp³-hybridized carbons (Fsp3) is 0.222. The molecule has 136 valence electrons. The van der Waals surface area contributed by atoms with E-state index < -0.39 is 18.1 Å². The highest BCUT2D eigenvalue weighted by Crippen LogP contribution is 2.50. The first-order valence-electron chi connectivity index (χ1n) is 7.65. The molecule has 2 aromatic rings. The molecule has 0 amide bonds. The number of aliphatic hydroxyl groups excluding tert-OH is 1. The second-order valence-corrected chi connectivity index (χ2v) is 10.5. The predicted molar refractivity (Wildman–Crippen MR) is 109 cm³/mol. The maximum Gasteiger partial charge on any atom is 0.238 e. The molecule has 3 rings (SSSR count). The van der Waals surface area contributed by atoms with Crippen LogP contribution in [0.25, 0.3) is 0 Å². The maximum absolute atomic E-state index is 13.1. The van der Waals surface area contributed by atoms with Crippen molar-refractivity contribution in [2.24, 2.45) is 0 Å². The lowest BCUT2D eigenvalue weighted by molar-refractivity contribution is 0.1000. The Labute approximate surface area is 172 Å². The van der Waals surface area contributed by atoms with Crippen LogP contribution < -0.4 is 0 Å². The van der Waals surface area contributed by atoms with Gasteiger partial charge in [-0.3, -0.25) is 4.79 Å². The lowest BCUT2D eigenvalue weighted by atomic mass is 10.1. The second kappa shape index (κ2) is 7.79. The maximum atomic E-state index is 13.1. The highest BCUT2D eigenvalue weighted by Gasteiger charge is 2.37. The Hall–Kier alpha value is -1.23. The molecular formula is C18H14FIO4S2. The van der Waals surface area contributed by atoms with E-state index in [-0.39, 0.29) is 24.6 Å². The lowest BCUT2D eigenvalue weighted by Gasteiger charge is -2.21. The van der Waals surface area contributed by atoms with Crippen molar-refractivity contribution in [3.05, 3.63) is 68.7 Å². The Kier molecular flexibility index (Phi) is 5.85. The molecule has 1 atom stereocenters. The van der Waals surface area contributed by atoms with Crippen molar-refractivity contribution < 1.29 is 23.8 Å². The number of thioether (sulfide) groups is 1. The van der Waals surface area contributed by atoms with E-state index in [1.807, 2.05) is 0 Å². The first-order valence-corrected chi connectivity index (χ1v) is 9.96. The summed E-state index contributed by atoms with van der Waals surface area (Å²) in [4.78, 5) is 13.2. The first kappa shape index (κ1) is 19.5. The molecule has 26 heavy (non-hydrogen) atoms. The number of aliphatic hydroxyl groups is 1. The standard InChI is InChI=1S/C18H14FIO4S2/c19-11-3-1-10(2-4-11)8-18(20)6-5-14(26-18)16(23)17-15(22)13(25)7-12(9-21)24-17/h1-5,7,21-22H,6,8-9H2. The van der Waals surface area contributed by atoms with E-state index in [2.05, 4.69) is 22.6 Å². The van der Waals surface area contributed by atoms with Crippen molar-refractivity contribution in [2.75, 3.05) is 0 Å². The van der Waals surface area contributed by atoms with Crippen LogP contribution in [0.1, 0.15) is 28.3 Å². The number of hydrogen-bond donors (Lipinski definition) is 2. The molecule has 1 aliphatic heterocycles. The van der Waals surface area contributed by atoms with Gasteiger partial charge in [0.1, 0.15) is 18.2 Å². The number of rotatable bonds is 5. The number of halogens is 2. The van der Waals surface area contributed by atoms with Crippen LogP contribution in [0.3, 0.4) is 0 Å². The van der Waals surface area contributed by atoms with Crippen molar-refractivity contribution in [3.63, 3.8) is 0 Å². The lowest BCUT2D eigenvalue weighted by Crippen LogP contribution is -2.16. The molecule has 0 fully saturated rings. The molecule has 2 heterocycles. The van der Waals surface area contributed by atoms with Crippen molar-refractivity contribution in [1.82, 2.24) is 0 Å². The molecule has 0 aliphatic carbocycles. The molecule has 1 unspecified atom stereocenters. The van der Waals surface area contributed by atoms with Crippen molar-refractivity contribution in [1.29, 1.82) is 0 Å². The summed E-state index contributed by atoms with van der Waals surface area (Å²) in [5.74, 6) is -1.29. The average Bonchev–Trinajstić information content (AvgIpc) is 3.00. The summed E-state index contributed by atoms with van der Waals surface area (Å²) in [6.45, 7) is -0.419. The van der Waals surface area contributed by atoms with Crippen molar-refractivity contribution in [2.45, 2.75) is 22.2 Å². The quantitative estimate of drug-likeness (QED) is 0.261. The molecule has 8 heteroatoms. The Morgan fingerprint density at radius 1 is 1.38 bits per heavy atom. The zero-order valence-electron chi connectivity index (χ0n) is 13.4. The van der Waals surface area contributed by atoms with Crippen LogP contribution in [0.5, 0.6) is 5.75 Å². The topological polar surface area (TPSA) is 70.7 Å². The van der Waals surface area contributed by atoms with Crippen LogP contribution in [0.15, 0.2) is 45.7 Å². The van der Waals surface area contributed by atoms with Gasteiger partial charge >= 0.3 is 0 Å². The van der Waals surface area contributed by atoms with Crippen LogP contribution in [0.2, 0.25) is 0 Å². The zero-order valence-corrected chi connectivity index (χ0v) is 17.2. The first-order chi connectivity index (χ1) is 12.3. The minimum atomic E-state index is -0.466. The Morgan fingerprint density at radius 2 is 2.08 bits per heavy atom. The van der Waals surface area contributed by atoms with Gasteiger partial charge in [0.15, 0.2) is 5.75 Å². The SMILES string of the molecule is O=C(C1=CCC(I)(Cc2ccc(F)cc2)S1)c1oc(CO)cc(=S)c1O. The molecule has 2 N–H and O–H groups in total. The number of aromatic hydroxyl groups is 1. The zero-order chi connectivity index (χ0) is 18.9. The molecular weight excluding hydrogens is 490 g/mol. The Morgan fingerprint density at radius 3 is 2.73 bits per heavy atom. The third kappa shape index (κ3) is 4.19. The molecule has 1 aliphatic rings. The summed E-state index contributed by atoms with van der Waals surface area (Å²) >= 11 is 8.66. The number of carbonyl (C=O) groups is 1. The average molecular weight is 504 g/mol. The summed E-state index contributed by atoms with van der Waals surface area (Å²) < 4.78 is 18.1. The number of Topliss-reactive ketones (excluding diaryl/α,β-unsaturated/α-hetero) is 1. The van der Waals surface area contributed by atoms with Crippen LogP contribution in [-0.4, -0.2) is 18.8 Å². The molecule has 0 saturated carbocycles. The fourth-order valence-corrected chi connectivity index (χ4v) is 5.31. The van der Waals surface area contributed by atoms with E-state index in [4.69, 9.17) is 16.6 Å². The minimum Gasteiger partial charge on any atom is -0.503 e. The number of allylic oxidation sites excluding steroid dienone is 2. The van der Waals surface area contributed by atoms with Gasteiger partial charge in [0.25, 0.3) is 0 Å². The van der Waals surface area contributed by atoms with Gasteiger partial charge in [-0.25, -0.2) is 4.39 Å². The molecule has 0 radical (unpaired) electrons. The van der Waals surface area contributed by atoms with Crippen LogP contribution in [0.4, 0.5) is 4.39 Å². The predicted octanol–water partition coefficient (Wildman–Crippen LogP) is 4.92. The monoisotopic (exact) mass is 504 g/mol. The molecule has 0 bridgehead atoms. The summed E-state index contributed by atoms with van der Waals surface area (Å²) in [7, 11) is 0. The van der Waals surface area contributed by atoms with Crippen LogP contribution >= 0.6 is 46.6 Å². The van der Waals surface area contributed by atoms with Gasteiger partial charge in [0, 0.05) is 6.07 Å². The van der Waals surface area contributed by atoms with Crippen molar-refractivity contribution in [3.8, 4) is 5.75 Å². The summed E-state index contributed by atoms with van der Waals surface area (Å²) in [5.41, 5.74) is 0.970. The smallest absolute Gasteiger partial charge is 0.238 e. The number of carbonyl (C=O) groups excluding carboxylic acids is 1. The number of ketones is 1. The largest absolute Gasteiger partial charge is 0.503 e. The summed E-state index contributed by atoms with van der Waals surface area (Å²) in [6.07, 6.45) is 3.09. The normalized spacial score (nSPS) is 19.4. The number of benzene rings is 1. The van der Waals surface area contributed by atoms with E-state index in [1.54, 1.807) is 18.2 Å². The summed E-state index contributed by atoms with van der Waals surface area (Å²) in [5, 5.41) is 19.3. The van der Waals surface area contributed by atoms with Gasteiger partial charge in [0.2, 0.25) is 11.5 Å². The summed E-state index contributed by atoms with van der Waals surface area (Å²) in [6, 6.07) is 7.60. The highest BCUT2D eigenvalue weighted by atomic mass is 127. The van der Waals surface area contributed by atoms with Gasteiger partial charge < -0.3 is 14.6 Å². The van der Waals surface area contributed by atoms with Gasteiger partial charge in [-0.1, -0.05) is 53.0 Å². The molecule has 1 aromatic carbocycles. The number of hydrogen-bond acceptors (Lipinski definition) is 6. The molecule has 4 nitrogen and oxygen atoms in total. The van der Waals surface area contributed by atoms with E-state index >= 15 is 0 Å². The van der Waals surface area contributed by atoms with Gasteiger partial charge in [-0.2, -0.15) is 0 Å². The van der Waals surface area contributed by atoms with E-state index in [9.17, 15) is 19.4 Å². The van der Waals surface area contributed by atoms with E-state index in [1.165, 1.54) is 30.0 Å². The van der Waals surface area contributed by atoms with Gasteiger partial charge in [-0.05, 0) is 30.5 Å². The highest BCUT2D eigenvalue weighted by molar-refractivity contribution is 14.1. The molecule has 0 saturated heterocycles. The van der Waals surface area contributed by atoms with Crippen LogP contribution in [-0.2, 0) is 13.0 Å². The minimum absolute atomic E-state index is 0.0549. The Bertz CT molecular complexity index is 939. The van der Waals surface area contributed by atoms with E-state index in [0.29, 0.717) is 17.7 Å². The number of alkyl halides is 1. The third-order valence-electron chi connectivity index (χ3n) is 3.83. The van der Waals surface area contributed by atoms with E-state index in [0.717, 1.165) is 5.56 Å². The molecule has 0 spiro atoms. The third-order valence-corrected chi connectivity index (χ3v) is 6.87. The van der Waals surface area contributed by atoms with Crippen LogP contribution in [0, 0.1) is 10.3 Å². The van der Waals surface area contributed by atoms with Crippen molar-refractivity contribution >= 4 is 52.4 Å². The van der Waals surface area contributed by atoms with Gasteiger partial charge in [-0.15, -0.1) is 11.8 Å². The Balaban J connectivity index is 1.79.